The average molecular weight is 182 g/mol. The summed E-state index contributed by atoms with van der Waals surface area (Å²) in [6.45, 7) is -0.160. The van der Waals surface area contributed by atoms with Crippen molar-refractivity contribution in [3.8, 4) is 0 Å². The molecule has 0 aliphatic carbocycles. The molecule has 0 aliphatic rings. The largest absolute Gasteiger partial charge is 1.00 e. The molecule has 0 saturated carbocycles. The van der Waals surface area contributed by atoms with Crippen LogP contribution in [0.5, 0.6) is 0 Å². The van der Waals surface area contributed by atoms with Gasteiger partial charge in [-0.05, 0) is 10.2 Å². The molecule has 0 saturated heterocycles. The van der Waals surface area contributed by atoms with Crippen molar-refractivity contribution in [2.45, 2.75) is 0 Å². The first-order valence-corrected chi connectivity index (χ1v) is 1.49. The van der Waals surface area contributed by atoms with Crippen molar-refractivity contribution < 1.29 is 113 Å². The van der Waals surface area contributed by atoms with E-state index in [4.69, 9.17) is 0 Å². The number of nitrogens with one attached hydrogen (secondary N) is 2. The van der Waals surface area contributed by atoms with E-state index in [9.17, 15) is 10.4 Å². The minimum Gasteiger partial charge on any atom is -0.602 e. The summed E-state index contributed by atoms with van der Waals surface area (Å²) in [4.78, 5) is 0. The van der Waals surface area contributed by atoms with Gasteiger partial charge in [-0.2, -0.15) is 0 Å². The van der Waals surface area contributed by atoms with Crippen LogP contribution in [0.3, 0.4) is 0 Å². The van der Waals surface area contributed by atoms with Gasteiger partial charge in [0.05, 0.1) is 0 Å². The fourth-order valence-electron chi connectivity index (χ4n) is 0.0931. The van der Waals surface area contributed by atoms with Gasteiger partial charge >= 0.3 is 103 Å². The zero-order valence-corrected chi connectivity index (χ0v) is 11.7. The summed E-state index contributed by atoms with van der Waals surface area (Å²) in [5.74, 6) is 0. The molecule has 0 bridgehead atoms. The van der Waals surface area contributed by atoms with Gasteiger partial charge in [0.25, 0.3) is 6.67 Å². The van der Waals surface area contributed by atoms with Gasteiger partial charge in [0, 0.05) is 0 Å². The second-order valence-corrected chi connectivity index (χ2v) is 0.640. The standard InChI is InChI=1S/CH4N4O2.2K/c6-4-2-1-3-5-7;;/h4-5H,1H2;;/q;2*+1. The SMILES string of the molecule is [K+].[K+].[O-]/[NH+]=N/C/N=[NH+]/[O-]. The van der Waals surface area contributed by atoms with Gasteiger partial charge in [-0.1, -0.05) is 0 Å². The fourth-order valence-corrected chi connectivity index (χ4v) is 0.0931. The molecule has 9 heavy (non-hydrogen) atoms. The molecule has 2 N–H and O–H groups in total. The smallest absolute Gasteiger partial charge is 0.602 e. The molecule has 0 aromatic heterocycles. The Morgan fingerprint density at radius 3 is 1.56 bits per heavy atom. The third-order valence-electron chi connectivity index (χ3n) is 0.271. The zero-order chi connectivity index (χ0) is 5.54. The Morgan fingerprint density at radius 2 is 1.33 bits per heavy atom. The summed E-state index contributed by atoms with van der Waals surface area (Å²) < 4.78 is 0. The number of nitrogens with zero attached hydrogens (tertiary/aromatic N) is 2. The third-order valence-corrected chi connectivity index (χ3v) is 0.271. The van der Waals surface area contributed by atoms with E-state index < -0.39 is 0 Å². The van der Waals surface area contributed by atoms with Gasteiger partial charge < -0.3 is 10.4 Å². The Hall–Kier alpha value is 2.07. The van der Waals surface area contributed by atoms with Crippen molar-refractivity contribution in [3.05, 3.63) is 10.4 Å². The Labute approximate surface area is 137 Å². The van der Waals surface area contributed by atoms with Crippen molar-refractivity contribution >= 4 is 0 Å². The molecule has 0 aromatic carbocycles. The van der Waals surface area contributed by atoms with Gasteiger partial charge in [0.15, 0.2) is 0 Å². The molecule has 0 spiro atoms. The summed E-state index contributed by atoms with van der Waals surface area (Å²) in [5.41, 5.74) is 0. The maximum absolute atomic E-state index is 9.20. The molecule has 0 aromatic rings. The van der Waals surface area contributed by atoms with Gasteiger partial charge in [0.2, 0.25) is 0 Å². The van der Waals surface area contributed by atoms with Gasteiger partial charge in [-0.3, -0.25) is 0 Å². The van der Waals surface area contributed by atoms with Crippen molar-refractivity contribution in [2.24, 2.45) is 10.2 Å². The topological polar surface area (TPSA) is 98.8 Å². The summed E-state index contributed by atoms with van der Waals surface area (Å²) in [5, 5.41) is 26.7. The van der Waals surface area contributed by atoms with Gasteiger partial charge in [-0.15, -0.1) is 10.6 Å². The minimum atomic E-state index is -0.160. The molecule has 0 fully saturated rings. The normalized spacial score (nSPS) is 8.89. The van der Waals surface area contributed by atoms with E-state index in [-0.39, 0.29) is 109 Å². The van der Waals surface area contributed by atoms with Crippen molar-refractivity contribution in [2.75, 3.05) is 6.67 Å². The molecule has 0 heterocycles. The molecular formula is CH4K2N4O2+2. The summed E-state index contributed by atoms with van der Waals surface area (Å²) in [7, 11) is 0. The molecule has 0 radical (unpaired) electrons. The average Bonchev–Trinajstić information content (AvgIpc) is 1.69. The van der Waals surface area contributed by atoms with Gasteiger partial charge in [0.1, 0.15) is 0 Å². The second kappa shape index (κ2) is 16.6. The van der Waals surface area contributed by atoms with Crippen molar-refractivity contribution in [1.29, 1.82) is 0 Å². The van der Waals surface area contributed by atoms with Crippen LogP contribution in [0.25, 0.3) is 0 Å². The first kappa shape index (κ1) is 17.2. The Bertz CT molecular complexity index is 74.6. The number of rotatable bonds is 2. The van der Waals surface area contributed by atoms with Crippen LogP contribution in [0, 0.1) is 10.4 Å². The Kier molecular flexibility index (Phi) is 31.7. The van der Waals surface area contributed by atoms with Crippen LogP contribution in [0.2, 0.25) is 0 Å². The molecule has 40 valence electrons. The molecule has 8 heteroatoms. The van der Waals surface area contributed by atoms with Crippen LogP contribution in [-0.4, -0.2) is 6.67 Å². The molecule has 0 aliphatic heterocycles. The van der Waals surface area contributed by atoms with Crippen molar-refractivity contribution in [3.63, 3.8) is 0 Å². The minimum absolute atomic E-state index is 0. The van der Waals surface area contributed by atoms with Crippen molar-refractivity contribution in [1.82, 2.24) is 0 Å². The maximum atomic E-state index is 9.20. The summed E-state index contributed by atoms with van der Waals surface area (Å²) >= 11 is 0. The summed E-state index contributed by atoms with van der Waals surface area (Å²) in [6.07, 6.45) is 0. The second-order valence-electron chi connectivity index (χ2n) is 0.640. The van der Waals surface area contributed by atoms with E-state index in [0.29, 0.717) is 0 Å². The monoisotopic (exact) mass is 182 g/mol. The van der Waals surface area contributed by atoms with Crippen LogP contribution in [-0.2, 0) is 0 Å². The molecule has 0 amide bonds. The van der Waals surface area contributed by atoms with Gasteiger partial charge in [-0.25, -0.2) is 0 Å². The number of hydrogen-bond acceptors (Lipinski definition) is 4. The summed E-state index contributed by atoms with van der Waals surface area (Å²) in [6, 6.07) is 0. The van der Waals surface area contributed by atoms with E-state index >= 15 is 0 Å². The molecule has 0 atom stereocenters. The van der Waals surface area contributed by atoms with E-state index in [0.717, 1.165) is 0 Å². The van der Waals surface area contributed by atoms with Crippen LogP contribution in [0.15, 0.2) is 10.2 Å². The quantitative estimate of drug-likeness (QED) is 0.252. The van der Waals surface area contributed by atoms with E-state index in [1.54, 1.807) is 0 Å². The van der Waals surface area contributed by atoms with Crippen LogP contribution in [0.1, 0.15) is 0 Å². The molecule has 0 unspecified atom stereocenters. The Morgan fingerprint density at radius 1 is 1.00 bits per heavy atom. The van der Waals surface area contributed by atoms with Crippen LogP contribution >= 0.6 is 0 Å². The Balaban J connectivity index is -0.000000180. The first-order valence-electron chi connectivity index (χ1n) is 1.49. The van der Waals surface area contributed by atoms with E-state index in [1.807, 2.05) is 0 Å². The molecule has 6 nitrogen and oxygen atoms in total. The fraction of sp³-hybridized carbons (Fsp3) is 1.00. The predicted octanol–water partition coefficient (Wildman–Crippen LogP) is -8.99. The van der Waals surface area contributed by atoms with Crippen LogP contribution in [0.4, 0.5) is 0 Å². The first-order chi connectivity index (χ1) is 3.41. The zero-order valence-electron chi connectivity index (χ0n) is 5.42. The molecular weight excluding hydrogens is 178 g/mol. The van der Waals surface area contributed by atoms with E-state index in [2.05, 4.69) is 10.2 Å². The predicted molar refractivity (Wildman–Crippen MR) is 18.4 cm³/mol. The maximum Gasteiger partial charge on any atom is 1.00 e. The van der Waals surface area contributed by atoms with E-state index in [1.165, 1.54) is 10.6 Å². The van der Waals surface area contributed by atoms with Crippen LogP contribution < -0.4 is 113 Å². The third kappa shape index (κ3) is 17.8. The number of hydrogen-bond donors (Lipinski definition) is 2. The molecule has 0 rings (SSSR count).